The van der Waals surface area contributed by atoms with E-state index in [-0.39, 0.29) is 10.9 Å². The van der Waals surface area contributed by atoms with Crippen molar-refractivity contribution in [2.45, 2.75) is 20.4 Å². The van der Waals surface area contributed by atoms with Gasteiger partial charge in [-0.2, -0.15) is 0 Å². The largest absolute Gasteiger partial charge is 0.481 e. The van der Waals surface area contributed by atoms with Gasteiger partial charge in [-0.25, -0.2) is 4.98 Å². The summed E-state index contributed by atoms with van der Waals surface area (Å²) in [6.45, 7) is 3.76. The molecule has 1 aromatic rings. The molecule has 0 aliphatic carbocycles. The smallest absolute Gasteiger partial charge is 0.232 e. The van der Waals surface area contributed by atoms with Gasteiger partial charge >= 0.3 is 0 Å². The van der Waals surface area contributed by atoms with Crippen LogP contribution in [0.5, 0.6) is 5.88 Å². The van der Waals surface area contributed by atoms with Gasteiger partial charge in [0.05, 0.1) is 17.5 Å². The molecule has 18 heavy (non-hydrogen) atoms. The topological polar surface area (TPSA) is 77.2 Å². The molecule has 0 saturated heterocycles. The summed E-state index contributed by atoms with van der Waals surface area (Å²) in [6.07, 6.45) is 1.62. The van der Waals surface area contributed by atoms with E-state index in [4.69, 9.17) is 22.7 Å². The van der Waals surface area contributed by atoms with E-state index in [9.17, 15) is 4.79 Å². The van der Waals surface area contributed by atoms with Crippen molar-refractivity contribution in [2.24, 2.45) is 11.1 Å². The van der Waals surface area contributed by atoms with Gasteiger partial charge in [0.15, 0.2) is 0 Å². The zero-order valence-corrected chi connectivity index (χ0v) is 11.5. The summed E-state index contributed by atoms with van der Waals surface area (Å²) < 4.78 is 5.00. The van der Waals surface area contributed by atoms with Crippen molar-refractivity contribution in [3.8, 4) is 5.88 Å². The standard InChI is InChI=1S/C12H17N3O2S/c1-12(2,10(13)18)11(16)15-7-8-4-5-14-9(6-8)17-3/h4-6H,7H2,1-3H3,(H2,13,18)(H,15,16). The van der Waals surface area contributed by atoms with Crippen LogP contribution >= 0.6 is 12.2 Å². The number of ether oxygens (including phenoxy) is 1. The third-order valence-corrected chi connectivity index (χ3v) is 3.16. The summed E-state index contributed by atoms with van der Waals surface area (Å²) in [7, 11) is 1.54. The van der Waals surface area contributed by atoms with Crippen LogP contribution in [0.25, 0.3) is 0 Å². The first kappa shape index (κ1) is 14.4. The molecule has 0 spiro atoms. The van der Waals surface area contributed by atoms with Gasteiger partial charge in [-0.05, 0) is 25.5 Å². The highest BCUT2D eigenvalue weighted by atomic mass is 32.1. The number of nitrogens with one attached hydrogen (secondary N) is 1. The second kappa shape index (κ2) is 5.77. The molecule has 0 aromatic carbocycles. The number of aromatic nitrogens is 1. The predicted octanol–water partition coefficient (Wildman–Crippen LogP) is 1.02. The van der Waals surface area contributed by atoms with Gasteiger partial charge < -0.3 is 15.8 Å². The Morgan fingerprint density at radius 1 is 1.61 bits per heavy atom. The number of nitrogens with zero attached hydrogens (tertiary/aromatic N) is 1. The average Bonchev–Trinajstić information content (AvgIpc) is 2.35. The summed E-state index contributed by atoms with van der Waals surface area (Å²) in [6, 6.07) is 3.56. The fourth-order valence-corrected chi connectivity index (χ4v) is 1.28. The predicted molar refractivity (Wildman–Crippen MR) is 73.2 cm³/mol. The first-order valence-electron chi connectivity index (χ1n) is 5.45. The Hall–Kier alpha value is -1.69. The fourth-order valence-electron chi connectivity index (χ4n) is 1.19. The minimum Gasteiger partial charge on any atom is -0.481 e. The Morgan fingerprint density at radius 3 is 2.83 bits per heavy atom. The molecule has 1 amide bonds. The molecule has 1 rings (SSSR count). The van der Waals surface area contributed by atoms with Crippen molar-refractivity contribution in [3.63, 3.8) is 0 Å². The van der Waals surface area contributed by atoms with E-state index in [0.29, 0.717) is 12.4 Å². The quantitative estimate of drug-likeness (QED) is 0.779. The molecule has 3 N–H and O–H groups in total. The van der Waals surface area contributed by atoms with E-state index >= 15 is 0 Å². The zero-order chi connectivity index (χ0) is 13.8. The molecule has 0 saturated carbocycles. The second-order valence-electron chi connectivity index (χ2n) is 4.38. The van der Waals surface area contributed by atoms with E-state index in [1.807, 2.05) is 0 Å². The van der Waals surface area contributed by atoms with Crippen molar-refractivity contribution in [2.75, 3.05) is 7.11 Å². The highest BCUT2D eigenvalue weighted by Gasteiger charge is 2.30. The van der Waals surface area contributed by atoms with Gasteiger partial charge in [0.1, 0.15) is 0 Å². The molecule has 0 bridgehead atoms. The van der Waals surface area contributed by atoms with Crippen molar-refractivity contribution in [1.29, 1.82) is 0 Å². The zero-order valence-electron chi connectivity index (χ0n) is 10.7. The minimum atomic E-state index is -0.855. The molecule has 0 atom stereocenters. The summed E-state index contributed by atoms with van der Waals surface area (Å²) in [5.74, 6) is 0.307. The van der Waals surface area contributed by atoms with Gasteiger partial charge in [-0.3, -0.25) is 4.79 Å². The van der Waals surface area contributed by atoms with Crippen molar-refractivity contribution in [1.82, 2.24) is 10.3 Å². The lowest BCUT2D eigenvalue weighted by molar-refractivity contribution is -0.126. The summed E-state index contributed by atoms with van der Waals surface area (Å²) in [5.41, 5.74) is 5.57. The molecule has 6 heteroatoms. The summed E-state index contributed by atoms with van der Waals surface area (Å²) in [4.78, 5) is 16.1. The van der Waals surface area contributed by atoms with Gasteiger partial charge in [-0.1, -0.05) is 12.2 Å². The van der Waals surface area contributed by atoms with Gasteiger partial charge in [0, 0.05) is 18.8 Å². The van der Waals surface area contributed by atoms with Crippen LogP contribution in [-0.4, -0.2) is 23.0 Å². The molecule has 1 heterocycles. The molecule has 0 fully saturated rings. The van der Waals surface area contributed by atoms with Crippen molar-refractivity contribution in [3.05, 3.63) is 23.9 Å². The van der Waals surface area contributed by atoms with Gasteiger partial charge in [-0.15, -0.1) is 0 Å². The third-order valence-electron chi connectivity index (χ3n) is 2.65. The number of rotatable bonds is 5. The molecule has 1 aromatic heterocycles. The Morgan fingerprint density at radius 2 is 2.28 bits per heavy atom. The third kappa shape index (κ3) is 3.40. The van der Waals surface area contributed by atoms with Crippen LogP contribution in [0, 0.1) is 5.41 Å². The summed E-state index contributed by atoms with van der Waals surface area (Å²) in [5, 5.41) is 2.78. The molecule has 0 unspecified atom stereocenters. The number of thiocarbonyl (C=S) groups is 1. The van der Waals surface area contributed by atoms with Crippen LogP contribution in [0.3, 0.4) is 0 Å². The summed E-state index contributed by atoms with van der Waals surface area (Å²) >= 11 is 4.87. The van der Waals surface area contributed by atoms with Crippen LogP contribution in [0.2, 0.25) is 0 Å². The monoisotopic (exact) mass is 267 g/mol. The minimum absolute atomic E-state index is 0.173. The molecule has 98 valence electrons. The highest BCUT2D eigenvalue weighted by Crippen LogP contribution is 2.16. The SMILES string of the molecule is COc1cc(CNC(=O)C(C)(C)C(N)=S)ccn1. The highest BCUT2D eigenvalue weighted by molar-refractivity contribution is 7.80. The Balaban J connectivity index is 2.65. The van der Waals surface area contributed by atoms with Crippen LogP contribution in [0.1, 0.15) is 19.4 Å². The molecule has 0 aliphatic rings. The molecule has 5 nitrogen and oxygen atoms in total. The average molecular weight is 267 g/mol. The second-order valence-corrected chi connectivity index (χ2v) is 4.82. The van der Waals surface area contributed by atoms with Crippen molar-refractivity contribution < 1.29 is 9.53 Å². The van der Waals surface area contributed by atoms with Gasteiger partial charge in [0.25, 0.3) is 0 Å². The van der Waals surface area contributed by atoms with E-state index in [0.717, 1.165) is 5.56 Å². The van der Waals surface area contributed by atoms with E-state index < -0.39 is 5.41 Å². The van der Waals surface area contributed by atoms with Crippen LogP contribution in [0.15, 0.2) is 18.3 Å². The number of carbonyl (C=O) groups is 1. The van der Waals surface area contributed by atoms with Crippen LogP contribution in [-0.2, 0) is 11.3 Å². The molecular formula is C12H17N3O2S. The Bertz CT molecular complexity index is 460. The van der Waals surface area contributed by atoms with E-state index in [2.05, 4.69) is 10.3 Å². The number of carbonyl (C=O) groups excluding carboxylic acids is 1. The van der Waals surface area contributed by atoms with Gasteiger partial charge in [0.2, 0.25) is 11.8 Å². The molecular weight excluding hydrogens is 250 g/mol. The number of methoxy groups -OCH3 is 1. The lowest BCUT2D eigenvalue weighted by Gasteiger charge is -2.21. The van der Waals surface area contributed by atoms with E-state index in [1.54, 1.807) is 39.3 Å². The lowest BCUT2D eigenvalue weighted by atomic mass is 9.92. The maximum atomic E-state index is 11.9. The number of hydrogen-bond acceptors (Lipinski definition) is 4. The Labute approximate surface area is 112 Å². The number of amides is 1. The van der Waals surface area contributed by atoms with Crippen LogP contribution < -0.4 is 15.8 Å². The van der Waals surface area contributed by atoms with Crippen LogP contribution in [0.4, 0.5) is 0 Å². The fraction of sp³-hybridized carbons (Fsp3) is 0.417. The maximum Gasteiger partial charge on any atom is 0.232 e. The first-order valence-corrected chi connectivity index (χ1v) is 5.86. The lowest BCUT2D eigenvalue weighted by Crippen LogP contribution is -2.44. The maximum absolute atomic E-state index is 11.9. The Kier molecular flexibility index (Phi) is 4.61. The number of pyridine rings is 1. The molecule has 0 aliphatic heterocycles. The first-order chi connectivity index (χ1) is 8.37. The number of hydrogen-bond donors (Lipinski definition) is 2. The molecule has 0 radical (unpaired) electrons. The number of nitrogens with two attached hydrogens (primary N) is 1. The van der Waals surface area contributed by atoms with Crippen molar-refractivity contribution >= 4 is 23.1 Å². The normalized spacial score (nSPS) is 10.8. The van der Waals surface area contributed by atoms with E-state index in [1.165, 1.54) is 0 Å².